The lowest BCUT2D eigenvalue weighted by Gasteiger charge is -2.07. The van der Waals surface area contributed by atoms with Gasteiger partial charge in [0.05, 0.1) is 5.69 Å². The molecule has 124 valence electrons. The maximum atomic E-state index is 12.0. The van der Waals surface area contributed by atoms with Crippen LogP contribution in [-0.2, 0) is 4.79 Å². The molecule has 5 nitrogen and oxygen atoms in total. The number of aryl methyl sites for hydroxylation is 1. The highest BCUT2D eigenvalue weighted by molar-refractivity contribution is 6.02. The van der Waals surface area contributed by atoms with Crippen molar-refractivity contribution < 1.29 is 4.79 Å². The van der Waals surface area contributed by atoms with E-state index in [4.69, 9.17) is 0 Å². The van der Waals surface area contributed by atoms with E-state index >= 15 is 0 Å². The summed E-state index contributed by atoms with van der Waals surface area (Å²) in [5.74, 6) is 0.502. The van der Waals surface area contributed by atoms with Crippen molar-refractivity contribution in [3.05, 3.63) is 84.1 Å². The van der Waals surface area contributed by atoms with Gasteiger partial charge in [0, 0.05) is 17.5 Å². The Hall–Kier alpha value is -3.47. The predicted octanol–water partition coefficient (Wildman–Crippen LogP) is 4.18. The minimum absolute atomic E-state index is 0.172. The molecule has 0 saturated heterocycles. The minimum atomic E-state index is -0.172. The second-order valence-corrected chi connectivity index (χ2v) is 5.50. The molecule has 0 fully saturated rings. The maximum Gasteiger partial charge on any atom is 0.248 e. The van der Waals surface area contributed by atoms with Crippen LogP contribution in [0, 0.1) is 6.92 Å². The Morgan fingerprint density at radius 1 is 0.880 bits per heavy atom. The number of hydrogen-bond acceptors (Lipinski definition) is 4. The van der Waals surface area contributed by atoms with E-state index in [1.165, 1.54) is 6.08 Å². The molecule has 0 aliphatic carbocycles. The van der Waals surface area contributed by atoms with Gasteiger partial charge in [-0.05, 0) is 55.0 Å². The summed E-state index contributed by atoms with van der Waals surface area (Å²) in [7, 11) is 0. The van der Waals surface area contributed by atoms with Crippen molar-refractivity contribution in [1.29, 1.82) is 0 Å². The van der Waals surface area contributed by atoms with Crippen LogP contribution in [0.4, 0.5) is 17.2 Å². The first kappa shape index (κ1) is 16.4. The summed E-state index contributed by atoms with van der Waals surface area (Å²) in [5.41, 5.74) is 3.45. The third kappa shape index (κ3) is 5.00. The van der Waals surface area contributed by atoms with E-state index in [0.29, 0.717) is 5.82 Å². The molecule has 2 N–H and O–H groups in total. The minimum Gasteiger partial charge on any atom is -0.339 e. The molecule has 0 bridgehead atoms. The quantitative estimate of drug-likeness (QED) is 0.689. The lowest BCUT2D eigenvalue weighted by Crippen LogP contribution is -2.07. The van der Waals surface area contributed by atoms with Crippen LogP contribution in [-0.4, -0.2) is 16.1 Å². The highest BCUT2D eigenvalue weighted by atomic mass is 16.1. The van der Waals surface area contributed by atoms with Gasteiger partial charge in [0.1, 0.15) is 0 Å². The Kier molecular flexibility index (Phi) is 5.16. The van der Waals surface area contributed by atoms with Crippen LogP contribution in [0.15, 0.2) is 72.8 Å². The van der Waals surface area contributed by atoms with Gasteiger partial charge in [0.25, 0.3) is 0 Å². The smallest absolute Gasteiger partial charge is 0.248 e. The average Bonchev–Trinajstić information content (AvgIpc) is 2.64. The van der Waals surface area contributed by atoms with Crippen molar-refractivity contribution in [3.8, 4) is 0 Å². The third-order valence-corrected chi connectivity index (χ3v) is 3.45. The summed E-state index contributed by atoms with van der Waals surface area (Å²) in [6, 6.07) is 20.9. The molecular formula is C20H18N4O. The standard InChI is InChI=1S/C20H18N4O/c1-15-7-13-19(24-23-15)21-17-9-11-18(12-10-17)22-20(25)14-8-16-5-3-2-4-6-16/h2-14H,1H3,(H,21,24)(H,22,25)/b14-8+. The summed E-state index contributed by atoms with van der Waals surface area (Å²) in [5, 5.41) is 14.0. The lowest BCUT2D eigenvalue weighted by atomic mass is 10.2. The average molecular weight is 330 g/mol. The van der Waals surface area contributed by atoms with Gasteiger partial charge in [-0.3, -0.25) is 4.79 Å². The number of carbonyl (C=O) groups excluding carboxylic acids is 1. The van der Waals surface area contributed by atoms with Gasteiger partial charge in [0.15, 0.2) is 5.82 Å². The summed E-state index contributed by atoms with van der Waals surface area (Å²) in [6.45, 7) is 1.89. The topological polar surface area (TPSA) is 66.9 Å². The molecule has 0 aliphatic heterocycles. The Bertz CT molecular complexity index is 856. The van der Waals surface area contributed by atoms with Crippen molar-refractivity contribution in [1.82, 2.24) is 10.2 Å². The zero-order chi connectivity index (χ0) is 17.5. The first-order valence-electron chi connectivity index (χ1n) is 7.90. The lowest BCUT2D eigenvalue weighted by molar-refractivity contribution is -0.111. The van der Waals surface area contributed by atoms with E-state index in [1.54, 1.807) is 6.08 Å². The van der Waals surface area contributed by atoms with E-state index in [1.807, 2.05) is 73.7 Å². The van der Waals surface area contributed by atoms with Gasteiger partial charge in [-0.2, -0.15) is 5.10 Å². The molecule has 0 radical (unpaired) electrons. The van der Waals surface area contributed by atoms with Crippen molar-refractivity contribution in [2.45, 2.75) is 6.92 Å². The fourth-order valence-electron chi connectivity index (χ4n) is 2.17. The monoisotopic (exact) mass is 330 g/mol. The number of nitrogens with one attached hydrogen (secondary N) is 2. The molecular weight excluding hydrogens is 312 g/mol. The van der Waals surface area contributed by atoms with Crippen molar-refractivity contribution in [3.63, 3.8) is 0 Å². The van der Waals surface area contributed by atoms with E-state index in [-0.39, 0.29) is 5.91 Å². The molecule has 1 amide bonds. The van der Waals surface area contributed by atoms with E-state index in [2.05, 4.69) is 20.8 Å². The number of carbonyl (C=O) groups is 1. The Labute approximate surface area is 146 Å². The number of nitrogens with zero attached hydrogens (tertiary/aromatic N) is 2. The molecule has 25 heavy (non-hydrogen) atoms. The first-order chi connectivity index (χ1) is 12.2. The molecule has 3 aromatic rings. The normalized spacial score (nSPS) is 10.6. The molecule has 2 aromatic carbocycles. The van der Waals surface area contributed by atoms with Gasteiger partial charge in [-0.15, -0.1) is 5.10 Å². The van der Waals surface area contributed by atoms with Crippen LogP contribution in [0.5, 0.6) is 0 Å². The van der Waals surface area contributed by atoms with Crippen LogP contribution < -0.4 is 10.6 Å². The van der Waals surface area contributed by atoms with Gasteiger partial charge >= 0.3 is 0 Å². The Morgan fingerprint density at radius 3 is 2.28 bits per heavy atom. The number of hydrogen-bond donors (Lipinski definition) is 2. The van der Waals surface area contributed by atoms with Crippen molar-refractivity contribution in [2.75, 3.05) is 10.6 Å². The first-order valence-corrected chi connectivity index (χ1v) is 7.90. The van der Waals surface area contributed by atoms with E-state index in [0.717, 1.165) is 22.6 Å². The van der Waals surface area contributed by atoms with Crippen LogP contribution in [0.2, 0.25) is 0 Å². The zero-order valence-corrected chi connectivity index (χ0v) is 13.8. The largest absolute Gasteiger partial charge is 0.339 e. The molecule has 0 saturated carbocycles. The molecule has 3 rings (SSSR count). The second kappa shape index (κ2) is 7.88. The molecule has 1 heterocycles. The fourth-order valence-corrected chi connectivity index (χ4v) is 2.17. The summed E-state index contributed by atoms with van der Waals surface area (Å²) in [6.07, 6.45) is 3.30. The van der Waals surface area contributed by atoms with Crippen LogP contribution in [0.25, 0.3) is 6.08 Å². The van der Waals surface area contributed by atoms with Crippen molar-refractivity contribution >= 4 is 29.2 Å². The maximum absolute atomic E-state index is 12.0. The third-order valence-electron chi connectivity index (χ3n) is 3.45. The Morgan fingerprint density at radius 2 is 1.60 bits per heavy atom. The number of aromatic nitrogens is 2. The van der Waals surface area contributed by atoms with E-state index < -0.39 is 0 Å². The number of anilines is 3. The predicted molar refractivity (Wildman–Crippen MR) is 101 cm³/mol. The summed E-state index contributed by atoms with van der Waals surface area (Å²) in [4.78, 5) is 12.0. The van der Waals surface area contributed by atoms with Gasteiger partial charge in [-0.25, -0.2) is 0 Å². The SMILES string of the molecule is Cc1ccc(Nc2ccc(NC(=O)/C=C/c3ccccc3)cc2)nn1. The molecule has 0 spiro atoms. The highest BCUT2D eigenvalue weighted by Crippen LogP contribution is 2.17. The highest BCUT2D eigenvalue weighted by Gasteiger charge is 2.00. The number of benzene rings is 2. The van der Waals surface area contributed by atoms with E-state index in [9.17, 15) is 4.79 Å². The summed E-state index contributed by atoms with van der Waals surface area (Å²) >= 11 is 0. The molecule has 0 aliphatic rings. The van der Waals surface area contributed by atoms with Gasteiger partial charge < -0.3 is 10.6 Å². The molecule has 0 unspecified atom stereocenters. The number of amides is 1. The molecule has 0 atom stereocenters. The van der Waals surface area contributed by atoms with Gasteiger partial charge in [-0.1, -0.05) is 30.3 Å². The Balaban J connectivity index is 1.57. The molecule has 5 heteroatoms. The van der Waals surface area contributed by atoms with Crippen LogP contribution in [0.3, 0.4) is 0 Å². The zero-order valence-electron chi connectivity index (χ0n) is 13.8. The number of rotatable bonds is 5. The van der Waals surface area contributed by atoms with Crippen molar-refractivity contribution in [2.24, 2.45) is 0 Å². The van der Waals surface area contributed by atoms with Crippen LogP contribution in [0.1, 0.15) is 11.3 Å². The molecule has 1 aromatic heterocycles. The van der Waals surface area contributed by atoms with Crippen LogP contribution >= 0.6 is 0 Å². The van der Waals surface area contributed by atoms with Gasteiger partial charge in [0.2, 0.25) is 5.91 Å². The summed E-state index contributed by atoms with van der Waals surface area (Å²) < 4.78 is 0. The fraction of sp³-hybridized carbons (Fsp3) is 0.0500. The second-order valence-electron chi connectivity index (χ2n) is 5.50.